The Labute approximate surface area is 160 Å². The van der Waals surface area contributed by atoms with E-state index in [4.69, 9.17) is 10.3 Å². The number of guanidine groups is 1. The molecular formula is C20H29N5O2. The van der Waals surface area contributed by atoms with Crippen molar-refractivity contribution in [1.82, 2.24) is 15.8 Å². The van der Waals surface area contributed by atoms with Crippen molar-refractivity contribution in [3.63, 3.8) is 0 Å². The Morgan fingerprint density at radius 3 is 2.67 bits per heavy atom. The molecule has 27 heavy (non-hydrogen) atoms. The molecule has 0 aliphatic heterocycles. The average molecular weight is 371 g/mol. The molecule has 1 aromatic carbocycles. The van der Waals surface area contributed by atoms with Crippen LogP contribution in [-0.2, 0) is 13.1 Å². The molecule has 0 saturated heterocycles. The van der Waals surface area contributed by atoms with Crippen molar-refractivity contribution in [2.75, 3.05) is 6.54 Å². The number of carbonyl (C=O) groups excluding carboxylic acids is 1. The van der Waals surface area contributed by atoms with Crippen LogP contribution in [0.25, 0.3) is 0 Å². The van der Waals surface area contributed by atoms with E-state index >= 15 is 0 Å². The van der Waals surface area contributed by atoms with Crippen LogP contribution in [0.4, 0.5) is 0 Å². The minimum atomic E-state index is -0.440. The van der Waals surface area contributed by atoms with Gasteiger partial charge in [0.15, 0.2) is 11.7 Å². The normalized spacial score (nSPS) is 11.6. The van der Waals surface area contributed by atoms with Crippen LogP contribution in [0.2, 0.25) is 0 Å². The molecule has 0 saturated carbocycles. The molecule has 0 spiro atoms. The van der Waals surface area contributed by atoms with Gasteiger partial charge in [0.1, 0.15) is 0 Å². The maximum absolute atomic E-state index is 11.3. The topological polar surface area (TPSA) is 106 Å². The van der Waals surface area contributed by atoms with E-state index in [-0.39, 0.29) is 0 Å². The molecule has 146 valence electrons. The van der Waals surface area contributed by atoms with Gasteiger partial charge in [-0.2, -0.15) is 0 Å². The Morgan fingerprint density at radius 1 is 1.22 bits per heavy atom. The summed E-state index contributed by atoms with van der Waals surface area (Å²) >= 11 is 0. The molecule has 2 aromatic rings. The van der Waals surface area contributed by atoms with Crippen molar-refractivity contribution in [1.29, 1.82) is 0 Å². The van der Waals surface area contributed by atoms with Gasteiger partial charge in [-0.15, -0.1) is 0 Å². The molecule has 1 amide bonds. The molecule has 0 atom stereocenters. The Bertz CT molecular complexity index is 765. The molecule has 0 aliphatic carbocycles. The van der Waals surface area contributed by atoms with Crippen LogP contribution in [0.1, 0.15) is 66.9 Å². The number of hydrogen-bond acceptors (Lipinski definition) is 4. The van der Waals surface area contributed by atoms with Crippen molar-refractivity contribution < 1.29 is 9.32 Å². The number of benzene rings is 1. The van der Waals surface area contributed by atoms with Crippen molar-refractivity contribution in [3.8, 4) is 0 Å². The maximum atomic E-state index is 11.3. The van der Waals surface area contributed by atoms with Gasteiger partial charge in [0.25, 0.3) is 0 Å². The first kappa shape index (κ1) is 20.5. The van der Waals surface area contributed by atoms with E-state index < -0.39 is 5.91 Å². The third-order valence-corrected chi connectivity index (χ3v) is 4.39. The van der Waals surface area contributed by atoms with E-state index in [1.807, 2.05) is 19.1 Å². The fourth-order valence-corrected chi connectivity index (χ4v) is 2.82. The van der Waals surface area contributed by atoms with E-state index in [0.29, 0.717) is 30.5 Å². The number of nitrogens with zero attached hydrogens (tertiary/aromatic N) is 2. The number of amides is 1. The molecule has 1 aromatic heterocycles. The lowest BCUT2D eigenvalue weighted by Gasteiger charge is -2.10. The third-order valence-electron chi connectivity index (χ3n) is 4.39. The molecule has 2 rings (SSSR count). The number of hydrogen-bond donors (Lipinski definition) is 3. The van der Waals surface area contributed by atoms with Crippen LogP contribution in [0.3, 0.4) is 0 Å². The van der Waals surface area contributed by atoms with Crippen molar-refractivity contribution in [3.05, 3.63) is 52.9 Å². The van der Waals surface area contributed by atoms with E-state index in [1.165, 1.54) is 0 Å². The highest BCUT2D eigenvalue weighted by Crippen LogP contribution is 2.22. The number of carbonyl (C=O) groups is 1. The number of aliphatic imine (C=N–C) groups is 1. The second-order valence-electron chi connectivity index (χ2n) is 6.34. The lowest BCUT2D eigenvalue weighted by atomic mass is 9.99. The lowest BCUT2D eigenvalue weighted by molar-refractivity contribution is 0.1000. The first-order valence-corrected chi connectivity index (χ1v) is 9.43. The van der Waals surface area contributed by atoms with E-state index in [1.54, 1.807) is 18.2 Å². The van der Waals surface area contributed by atoms with Crippen molar-refractivity contribution >= 4 is 11.9 Å². The fourth-order valence-electron chi connectivity index (χ4n) is 2.82. The van der Waals surface area contributed by atoms with Gasteiger partial charge in [-0.05, 0) is 37.5 Å². The van der Waals surface area contributed by atoms with Crippen LogP contribution >= 0.6 is 0 Å². The molecule has 0 radical (unpaired) electrons. The second-order valence-corrected chi connectivity index (χ2v) is 6.34. The summed E-state index contributed by atoms with van der Waals surface area (Å²) in [5, 5.41) is 10.6. The number of primary amides is 1. The minimum Gasteiger partial charge on any atom is -0.366 e. The summed E-state index contributed by atoms with van der Waals surface area (Å²) in [7, 11) is 0. The zero-order chi connectivity index (χ0) is 19.6. The van der Waals surface area contributed by atoms with Crippen molar-refractivity contribution in [2.45, 2.75) is 52.6 Å². The van der Waals surface area contributed by atoms with Crippen molar-refractivity contribution in [2.24, 2.45) is 10.7 Å². The average Bonchev–Trinajstić information content (AvgIpc) is 3.14. The quantitative estimate of drug-likeness (QED) is 0.464. The molecule has 7 nitrogen and oxygen atoms in total. The summed E-state index contributed by atoms with van der Waals surface area (Å²) in [4.78, 5) is 15.8. The van der Waals surface area contributed by atoms with E-state index in [0.717, 1.165) is 36.4 Å². The van der Waals surface area contributed by atoms with Crippen LogP contribution in [0.5, 0.6) is 0 Å². The molecule has 1 heterocycles. The number of nitrogens with two attached hydrogens (primary N) is 1. The summed E-state index contributed by atoms with van der Waals surface area (Å²) in [6.45, 7) is 7.99. The predicted molar refractivity (Wildman–Crippen MR) is 106 cm³/mol. The molecule has 0 bridgehead atoms. The molecule has 7 heteroatoms. The Morgan fingerprint density at radius 2 is 2.00 bits per heavy atom. The van der Waals surface area contributed by atoms with Gasteiger partial charge in [0.2, 0.25) is 5.91 Å². The molecule has 0 unspecified atom stereocenters. The summed E-state index contributed by atoms with van der Waals surface area (Å²) in [6.07, 6.45) is 2.09. The summed E-state index contributed by atoms with van der Waals surface area (Å²) < 4.78 is 5.44. The molecule has 4 N–H and O–H groups in total. The van der Waals surface area contributed by atoms with Crippen LogP contribution < -0.4 is 16.4 Å². The second kappa shape index (κ2) is 10.4. The number of nitrogens with one attached hydrogen (secondary N) is 2. The zero-order valence-corrected chi connectivity index (χ0v) is 16.3. The highest BCUT2D eigenvalue weighted by atomic mass is 16.5. The first-order valence-electron chi connectivity index (χ1n) is 9.43. The SMILES string of the molecule is CCNC(=NCc1cccc(C(N)=O)c1)NCc1cc(C(CC)CC)no1. The highest BCUT2D eigenvalue weighted by Gasteiger charge is 2.13. The molecule has 0 fully saturated rings. The molecule has 0 aliphatic rings. The van der Waals surface area contributed by atoms with Crippen LogP contribution in [0.15, 0.2) is 39.8 Å². The number of aromatic nitrogens is 1. The van der Waals surface area contributed by atoms with Gasteiger partial charge in [0.05, 0.1) is 18.8 Å². The lowest BCUT2D eigenvalue weighted by Crippen LogP contribution is -2.36. The Hall–Kier alpha value is -2.83. The monoisotopic (exact) mass is 371 g/mol. The summed E-state index contributed by atoms with van der Waals surface area (Å²) in [5.41, 5.74) is 7.73. The van der Waals surface area contributed by atoms with Gasteiger partial charge in [0, 0.05) is 24.1 Å². The number of rotatable bonds is 9. The standard InChI is InChI=1S/C20H29N5O2/c1-4-15(5-2)18-11-17(27-25-18)13-24-20(22-6-3)23-12-14-8-7-9-16(10-14)19(21)26/h7-11,15H,4-6,12-13H2,1-3H3,(H2,21,26)(H2,22,23,24). The highest BCUT2D eigenvalue weighted by molar-refractivity contribution is 5.92. The Kier molecular flexibility index (Phi) is 7.85. The maximum Gasteiger partial charge on any atom is 0.248 e. The van der Waals surface area contributed by atoms with Gasteiger partial charge in [-0.1, -0.05) is 31.1 Å². The van der Waals surface area contributed by atoms with Gasteiger partial charge in [-0.25, -0.2) is 4.99 Å². The van der Waals surface area contributed by atoms with E-state index in [9.17, 15) is 4.79 Å². The van der Waals surface area contributed by atoms with E-state index in [2.05, 4.69) is 34.6 Å². The predicted octanol–water partition coefficient (Wildman–Crippen LogP) is 2.93. The first-order chi connectivity index (χ1) is 13.1. The Balaban J connectivity index is 1.99. The summed E-state index contributed by atoms with van der Waals surface area (Å²) in [5.74, 6) is 1.44. The van der Waals surface area contributed by atoms with Gasteiger partial charge in [-0.3, -0.25) is 4.79 Å². The van der Waals surface area contributed by atoms with Crippen LogP contribution in [-0.4, -0.2) is 23.6 Å². The largest absolute Gasteiger partial charge is 0.366 e. The van der Waals surface area contributed by atoms with Gasteiger partial charge >= 0.3 is 0 Å². The smallest absolute Gasteiger partial charge is 0.248 e. The van der Waals surface area contributed by atoms with Crippen LogP contribution in [0, 0.1) is 0 Å². The third kappa shape index (κ3) is 6.13. The zero-order valence-electron chi connectivity index (χ0n) is 16.3. The fraction of sp³-hybridized carbons (Fsp3) is 0.450. The van der Waals surface area contributed by atoms with Gasteiger partial charge < -0.3 is 20.9 Å². The summed E-state index contributed by atoms with van der Waals surface area (Å²) in [6, 6.07) is 9.18. The minimum absolute atomic E-state index is 0.432. The molecular weight excluding hydrogens is 342 g/mol.